The fourth-order valence-electron chi connectivity index (χ4n) is 2.62. The Morgan fingerprint density at radius 3 is 2.40 bits per heavy atom. The van der Waals surface area contributed by atoms with Gasteiger partial charge >= 0.3 is 0 Å². The van der Waals surface area contributed by atoms with Crippen LogP contribution in [0.1, 0.15) is 47.1 Å². The first kappa shape index (κ1) is 16.9. The molecule has 0 unspecified atom stereocenters. The van der Waals surface area contributed by atoms with Crippen molar-refractivity contribution in [2.24, 2.45) is 0 Å². The van der Waals surface area contributed by atoms with Gasteiger partial charge in [-0.05, 0) is 36.1 Å². The molecular formula is C20H22N4O. The number of anilines is 1. The summed E-state index contributed by atoms with van der Waals surface area (Å²) in [6, 6.07) is 17.9. The number of nitrogens with zero attached hydrogens (tertiary/aromatic N) is 3. The molecule has 0 fully saturated rings. The Balaban J connectivity index is 1.72. The highest BCUT2D eigenvalue weighted by atomic mass is 16.2. The molecule has 1 N–H and O–H groups in total. The van der Waals surface area contributed by atoms with Gasteiger partial charge in [0.25, 0.3) is 5.91 Å². The van der Waals surface area contributed by atoms with Gasteiger partial charge in [0.15, 0.2) is 5.69 Å². The van der Waals surface area contributed by atoms with Crippen LogP contribution in [-0.4, -0.2) is 20.9 Å². The summed E-state index contributed by atoms with van der Waals surface area (Å²) in [6.07, 6.45) is 0. The number of rotatable bonds is 5. The number of hydrogen-bond donors (Lipinski definition) is 1. The molecular weight excluding hydrogens is 312 g/mol. The smallest absolute Gasteiger partial charge is 0.278 e. The minimum absolute atomic E-state index is 0.242. The Bertz CT molecular complexity index is 851. The van der Waals surface area contributed by atoms with E-state index in [-0.39, 0.29) is 5.91 Å². The molecule has 128 valence electrons. The molecule has 0 saturated heterocycles. The Kier molecular flexibility index (Phi) is 4.93. The monoisotopic (exact) mass is 334 g/mol. The van der Waals surface area contributed by atoms with Crippen LogP contribution in [0, 0.1) is 6.92 Å². The topological polar surface area (TPSA) is 59.8 Å². The summed E-state index contributed by atoms with van der Waals surface area (Å²) in [5.74, 6) is 0.221. The van der Waals surface area contributed by atoms with Gasteiger partial charge in [-0.25, -0.2) is 4.68 Å². The zero-order chi connectivity index (χ0) is 17.8. The summed E-state index contributed by atoms with van der Waals surface area (Å²) in [5.41, 5.74) is 4.21. The molecule has 3 rings (SSSR count). The van der Waals surface area contributed by atoms with Crippen LogP contribution in [-0.2, 0) is 6.54 Å². The highest BCUT2D eigenvalue weighted by molar-refractivity contribution is 6.03. The molecule has 0 bridgehead atoms. The fraction of sp³-hybridized carbons (Fsp3) is 0.250. The average molecular weight is 334 g/mol. The van der Waals surface area contributed by atoms with Gasteiger partial charge in [0.1, 0.15) is 0 Å². The summed E-state index contributed by atoms with van der Waals surface area (Å²) >= 11 is 0. The quantitative estimate of drug-likeness (QED) is 0.767. The lowest BCUT2D eigenvalue weighted by molar-refractivity contribution is 0.102. The van der Waals surface area contributed by atoms with Crippen LogP contribution in [0.5, 0.6) is 0 Å². The number of aromatic nitrogens is 3. The van der Waals surface area contributed by atoms with Gasteiger partial charge in [-0.1, -0.05) is 61.5 Å². The Hall–Kier alpha value is -2.95. The van der Waals surface area contributed by atoms with Crippen molar-refractivity contribution in [1.29, 1.82) is 0 Å². The van der Waals surface area contributed by atoms with E-state index < -0.39 is 0 Å². The number of amides is 1. The minimum atomic E-state index is -0.242. The Morgan fingerprint density at radius 1 is 1.08 bits per heavy atom. The number of carbonyl (C=O) groups is 1. The molecule has 0 atom stereocenters. The third-order valence-electron chi connectivity index (χ3n) is 4.21. The largest absolute Gasteiger partial charge is 0.321 e. The zero-order valence-corrected chi connectivity index (χ0v) is 14.7. The van der Waals surface area contributed by atoms with E-state index in [1.165, 1.54) is 5.56 Å². The standard InChI is InChI=1S/C20H22N4O/c1-14(2)17-9-11-18(12-10-17)21-20(25)19-15(3)24(23-22-19)13-16-7-5-4-6-8-16/h4-12,14H,13H2,1-3H3,(H,21,25). The van der Waals surface area contributed by atoms with E-state index >= 15 is 0 Å². The van der Waals surface area contributed by atoms with Crippen LogP contribution in [0.4, 0.5) is 5.69 Å². The maximum Gasteiger partial charge on any atom is 0.278 e. The molecule has 1 heterocycles. The van der Waals surface area contributed by atoms with Crippen molar-refractivity contribution in [2.75, 3.05) is 5.32 Å². The van der Waals surface area contributed by atoms with Crippen molar-refractivity contribution < 1.29 is 4.79 Å². The number of carbonyl (C=O) groups excluding carboxylic acids is 1. The third-order valence-corrected chi connectivity index (χ3v) is 4.21. The normalized spacial score (nSPS) is 10.9. The Labute approximate surface area is 147 Å². The Morgan fingerprint density at radius 2 is 1.76 bits per heavy atom. The molecule has 5 nitrogen and oxygen atoms in total. The fourth-order valence-corrected chi connectivity index (χ4v) is 2.62. The summed E-state index contributed by atoms with van der Waals surface area (Å²) in [4.78, 5) is 12.5. The highest BCUT2D eigenvalue weighted by Gasteiger charge is 2.16. The van der Waals surface area contributed by atoms with E-state index in [0.29, 0.717) is 18.2 Å². The minimum Gasteiger partial charge on any atom is -0.321 e. The second-order valence-corrected chi connectivity index (χ2v) is 6.40. The lowest BCUT2D eigenvalue weighted by Crippen LogP contribution is -2.14. The zero-order valence-electron chi connectivity index (χ0n) is 14.7. The third kappa shape index (κ3) is 3.94. The first-order chi connectivity index (χ1) is 12.0. The molecule has 0 aliphatic rings. The van der Waals surface area contributed by atoms with Crippen molar-refractivity contribution in [3.05, 3.63) is 77.1 Å². The number of benzene rings is 2. The number of hydrogen-bond acceptors (Lipinski definition) is 3. The van der Waals surface area contributed by atoms with Crippen molar-refractivity contribution in [1.82, 2.24) is 15.0 Å². The molecule has 0 saturated carbocycles. The van der Waals surface area contributed by atoms with Crippen molar-refractivity contribution in [2.45, 2.75) is 33.2 Å². The van der Waals surface area contributed by atoms with E-state index in [1.807, 2.05) is 61.5 Å². The molecule has 0 spiro atoms. The van der Waals surface area contributed by atoms with Crippen LogP contribution >= 0.6 is 0 Å². The predicted molar refractivity (Wildman–Crippen MR) is 98.8 cm³/mol. The van der Waals surface area contributed by atoms with Crippen molar-refractivity contribution in [3.8, 4) is 0 Å². The summed E-state index contributed by atoms with van der Waals surface area (Å²) in [7, 11) is 0. The molecule has 0 radical (unpaired) electrons. The molecule has 25 heavy (non-hydrogen) atoms. The highest BCUT2D eigenvalue weighted by Crippen LogP contribution is 2.18. The van der Waals surface area contributed by atoms with Gasteiger partial charge in [0.05, 0.1) is 12.2 Å². The maximum atomic E-state index is 12.5. The molecule has 1 amide bonds. The molecule has 2 aromatic carbocycles. The van der Waals surface area contributed by atoms with E-state index in [4.69, 9.17) is 0 Å². The summed E-state index contributed by atoms with van der Waals surface area (Å²) in [6.45, 7) is 6.74. The molecule has 1 aromatic heterocycles. The van der Waals surface area contributed by atoms with Crippen molar-refractivity contribution in [3.63, 3.8) is 0 Å². The summed E-state index contributed by atoms with van der Waals surface area (Å²) in [5, 5.41) is 11.1. The van der Waals surface area contributed by atoms with Crippen LogP contribution in [0.25, 0.3) is 0 Å². The predicted octanol–water partition coefficient (Wildman–Crippen LogP) is 4.01. The van der Waals surface area contributed by atoms with E-state index in [0.717, 1.165) is 16.9 Å². The van der Waals surface area contributed by atoms with Crippen LogP contribution in [0.3, 0.4) is 0 Å². The number of nitrogens with one attached hydrogen (secondary N) is 1. The lowest BCUT2D eigenvalue weighted by Gasteiger charge is -2.08. The molecule has 0 aliphatic heterocycles. The SMILES string of the molecule is Cc1c(C(=O)Nc2ccc(C(C)C)cc2)nnn1Cc1ccccc1. The van der Waals surface area contributed by atoms with Gasteiger partial charge in [-0.2, -0.15) is 0 Å². The lowest BCUT2D eigenvalue weighted by atomic mass is 10.0. The molecule has 0 aliphatic carbocycles. The maximum absolute atomic E-state index is 12.5. The second-order valence-electron chi connectivity index (χ2n) is 6.40. The van der Waals surface area contributed by atoms with Gasteiger partial charge in [0.2, 0.25) is 0 Å². The van der Waals surface area contributed by atoms with E-state index in [1.54, 1.807) is 4.68 Å². The van der Waals surface area contributed by atoms with Crippen LogP contribution < -0.4 is 5.32 Å². The van der Waals surface area contributed by atoms with Gasteiger partial charge < -0.3 is 5.32 Å². The van der Waals surface area contributed by atoms with Gasteiger partial charge in [0, 0.05) is 5.69 Å². The first-order valence-electron chi connectivity index (χ1n) is 8.40. The first-order valence-corrected chi connectivity index (χ1v) is 8.40. The average Bonchev–Trinajstić information content (AvgIpc) is 2.97. The van der Waals surface area contributed by atoms with Crippen LogP contribution in [0.2, 0.25) is 0 Å². The van der Waals surface area contributed by atoms with E-state index in [9.17, 15) is 4.79 Å². The van der Waals surface area contributed by atoms with Gasteiger partial charge in [-0.15, -0.1) is 5.10 Å². The molecule has 3 aromatic rings. The summed E-state index contributed by atoms with van der Waals surface area (Å²) < 4.78 is 1.74. The van der Waals surface area contributed by atoms with Crippen molar-refractivity contribution >= 4 is 11.6 Å². The van der Waals surface area contributed by atoms with Crippen LogP contribution in [0.15, 0.2) is 54.6 Å². The van der Waals surface area contributed by atoms with Gasteiger partial charge in [-0.3, -0.25) is 4.79 Å². The molecule has 5 heteroatoms. The second kappa shape index (κ2) is 7.30. The van der Waals surface area contributed by atoms with E-state index in [2.05, 4.69) is 29.5 Å².